The molecule has 2 atom stereocenters. The summed E-state index contributed by atoms with van der Waals surface area (Å²) in [6, 6.07) is 0. The van der Waals surface area contributed by atoms with Crippen LogP contribution in [-0.4, -0.2) is 51.2 Å². The van der Waals surface area contributed by atoms with Crippen LogP contribution in [0, 0.1) is 0 Å². The second-order valence-corrected chi connectivity index (χ2v) is 5.33. The van der Waals surface area contributed by atoms with Crippen LogP contribution in [-0.2, 0) is 20.4 Å². The van der Waals surface area contributed by atoms with Crippen LogP contribution in [0.5, 0.6) is 0 Å². The van der Waals surface area contributed by atoms with Crippen LogP contribution < -0.4 is 0 Å². The average Bonchev–Trinajstić information content (AvgIpc) is 2.15. The van der Waals surface area contributed by atoms with Crippen LogP contribution in [0.4, 0.5) is 0 Å². The molecular weight excluding hydrogens is 218 g/mol. The van der Waals surface area contributed by atoms with E-state index >= 15 is 0 Å². The van der Waals surface area contributed by atoms with Crippen LogP contribution in [0.1, 0.15) is 19.8 Å². The van der Waals surface area contributed by atoms with E-state index in [9.17, 15) is 13.8 Å². The maximum atomic E-state index is 11.3. The van der Waals surface area contributed by atoms with Gasteiger partial charge in [-0.3, -0.25) is 13.8 Å². The molecule has 0 aliphatic carbocycles. The van der Waals surface area contributed by atoms with Gasteiger partial charge in [0.1, 0.15) is 5.25 Å². The van der Waals surface area contributed by atoms with Crippen molar-refractivity contribution in [3.63, 3.8) is 0 Å². The summed E-state index contributed by atoms with van der Waals surface area (Å²) in [5, 5.41) is 7.72. The van der Waals surface area contributed by atoms with Crippen LogP contribution in [0.25, 0.3) is 0 Å². The first-order chi connectivity index (χ1) is 6.86. The number of rotatable bonds is 6. The average molecular weight is 235 g/mol. The van der Waals surface area contributed by atoms with Crippen molar-refractivity contribution in [2.45, 2.75) is 25.0 Å². The Hall–Kier alpha value is -0.910. The van der Waals surface area contributed by atoms with E-state index in [1.807, 2.05) is 0 Å². The van der Waals surface area contributed by atoms with Gasteiger partial charge in [0.25, 0.3) is 0 Å². The Morgan fingerprint density at radius 1 is 1.40 bits per heavy atom. The van der Waals surface area contributed by atoms with Gasteiger partial charge < -0.3 is 10.0 Å². The minimum absolute atomic E-state index is 0.0324. The van der Waals surface area contributed by atoms with E-state index in [1.54, 1.807) is 14.1 Å². The summed E-state index contributed by atoms with van der Waals surface area (Å²) in [5.74, 6) is -0.838. The number of carboxylic acids is 1. The van der Waals surface area contributed by atoms with Gasteiger partial charge in [-0.1, -0.05) is 0 Å². The normalized spacial score (nSPS) is 14.3. The standard InChI is InChI=1S/C9H17NO4S/c1-7(9(12)13)15(14)6-4-5-8(11)10(2)3/h7H,4-6H2,1-3H3,(H,12,13). The minimum atomic E-state index is -1.39. The summed E-state index contributed by atoms with van der Waals surface area (Å²) in [7, 11) is 1.91. The molecule has 6 heteroatoms. The Balaban J connectivity index is 3.83. The highest BCUT2D eigenvalue weighted by molar-refractivity contribution is 7.86. The molecule has 0 bridgehead atoms. The molecule has 88 valence electrons. The van der Waals surface area contributed by atoms with Gasteiger partial charge in [-0.25, -0.2) is 0 Å². The van der Waals surface area contributed by atoms with Crippen molar-refractivity contribution in [3.05, 3.63) is 0 Å². The molecule has 0 saturated heterocycles. The van der Waals surface area contributed by atoms with E-state index in [1.165, 1.54) is 11.8 Å². The molecule has 1 amide bonds. The quantitative estimate of drug-likeness (QED) is 0.707. The fourth-order valence-corrected chi connectivity index (χ4v) is 1.89. The van der Waals surface area contributed by atoms with Crippen molar-refractivity contribution in [1.29, 1.82) is 0 Å². The first kappa shape index (κ1) is 14.1. The number of hydrogen-bond donors (Lipinski definition) is 1. The van der Waals surface area contributed by atoms with E-state index in [4.69, 9.17) is 5.11 Å². The number of aliphatic carboxylic acids is 1. The van der Waals surface area contributed by atoms with Gasteiger partial charge in [0.15, 0.2) is 0 Å². The Kier molecular flexibility index (Phi) is 6.15. The Morgan fingerprint density at radius 2 is 1.93 bits per heavy atom. The molecule has 0 aliphatic heterocycles. The molecule has 15 heavy (non-hydrogen) atoms. The van der Waals surface area contributed by atoms with Gasteiger partial charge in [0.05, 0.1) is 0 Å². The van der Waals surface area contributed by atoms with Crippen molar-refractivity contribution in [1.82, 2.24) is 4.90 Å². The van der Waals surface area contributed by atoms with Crippen molar-refractivity contribution < 1.29 is 18.9 Å². The van der Waals surface area contributed by atoms with Crippen molar-refractivity contribution >= 4 is 22.7 Å². The molecular formula is C9H17NO4S. The number of nitrogens with zero attached hydrogens (tertiary/aromatic N) is 1. The molecule has 0 aromatic carbocycles. The zero-order chi connectivity index (χ0) is 12.0. The van der Waals surface area contributed by atoms with E-state index in [0.29, 0.717) is 12.8 Å². The van der Waals surface area contributed by atoms with Crippen LogP contribution >= 0.6 is 0 Å². The lowest BCUT2D eigenvalue weighted by Crippen LogP contribution is -2.25. The van der Waals surface area contributed by atoms with Crippen molar-refractivity contribution in [2.24, 2.45) is 0 Å². The Bertz CT molecular complexity index is 265. The zero-order valence-corrected chi connectivity index (χ0v) is 10.0. The van der Waals surface area contributed by atoms with Gasteiger partial charge in [0, 0.05) is 37.1 Å². The Morgan fingerprint density at radius 3 is 2.33 bits per heavy atom. The molecule has 1 N–H and O–H groups in total. The molecule has 0 aromatic heterocycles. The summed E-state index contributed by atoms with van der Waals surface area (Å²) < 4.78 is 11.3. The van der Waals surface area contributed by atoms with Crippen LogP contribution in [0.2, 0.25) is 0 Å². The fraction of sp³-hybridized carbons (Fsp3) is 0.778. The van der Waals surface area contributed by atoms with Crippen molar-refractivity contribution in [2.75, 3.05) is 19.8 Å². The molecule has 0 saturated carbocycles. The first-order valence-corrected chi connectivity index (χ1v) is 6.04. The van der Waals surface area contributed by atoms with Crippen LogP contribution in [0.3, 0.4) is 0 Å². The highest BCUT2D eigenvalue weighted by Gasteiger charge is 2.18. The van der Waals surface area contributed by atoms with Gasteiger partial charge in [0.2, 0.25) is 5.91 Å². The van der Waals surface area contributed by atoms with E-state index < -0.39 is 22.0 Å². The molecule has 0 heterocycles. The van der Waals surface area contributed by atoms with Gasteiger partial charge in [-0.2, -0.15) is 0 Å². The van der Waals surface area contributed by atoms with Gasteiger partial charge in [-0.05, 0) is 13.3 Å². The lowest BCUT2D eigenvalue weighted by atomic mass is 10.3. The number of carboxylic acid groups (broad SMARTS) is 1. The fourth-order valence-electron chi connectivity index (χ4n) is 0.878. The second kappa shape index (κ2) is 6.55. The highest BCUT2D eigenvalue weighted by atomic mass is 32.2. The zero-order valence-electron chi connectivity index (χ0n) is 9.23. The minimum Gasteiger partial charge on any atom is -0.480 e. The van der Waals surface area contributed by atoms with E-state index in [-0.39, 0.29) is 11.7 Å². The molecule has 2 unspecified atom stereocenters. The summed E-state index contributed by atoms with van der Waals surface area (Å²) in [6.45, 7) is 1.41. The summed E-state index contributed by atoms with van der Waals surface area (Å²) in [5.41, 5.74) is 0. The number of hydrogen-bond acceptors (Lipinski definition) is 3. The summed E-state index contributed by atoms with van der Waals surface area (Å²) in [4.78, 5) is 23.1. The monoisotopic (exact) mass is 235 g/mol. The lowest BCUT2D eigenvalue weighted by molar-refractivity contribution is -0.136. The number of carbonyl (C=O) groups is 2. The highest BCUT2D eigenvalue weighted by Crippen LogP contribution is 2.01. The Labute approximate surface area is 91.9 Å². The maximum Gasteiger partial charge on any atom is 0.318 e. The van der Waals surface area contributed by atoms with E-state index in [2.05, 4.69) is 0 Å². The number of amides is 1. The predicted molar refractivity (Wildman–Crippen MR) is 58.0 cm³/mol. The lowest BCUT2D eigenvalue weighted by Gasteiger charge is -2.10. The molecule has 0 aliphatic rings. The molecule has 0 radical (unpaired) electrons. The van der Waals surface area contributed by atoms with Gasteiger partial charge >= 0.3 is 5.97 Å². The molecule has 0 spiro atoms. The predicted octanol–water partition coefficient (Wildman–Crippen LogP) is 0.0766. The maximum absolute atomic E-state index is 11.3. The molecule has 0 rings (SSSR count). The third kappa shape index (κ3) is 5.51. The van der Waals surface area contributed by atoms with E-state index in [0.717, 1.165) is 0 Å². The SMILES string of the molecule is CC(C(=O)O)S(=O)CCCC(=O)N(C)C. The molecule has 0 aromatic rings. The largest absolute Gasteiger partial charge is 0.480 e. The van der Waals surface area contributed by atoms with Gasteiger partial charge in [-0.15, -0.1) is 0 Å². The first-order valence-electron chi connectivity index (χ1n) is 4.66. The molecule has 0 fully saturated rings. The second-order valence-electron chi connectivity index (χ2n) is 3.46. The third-order valence-corrected chi connectivity index (χ3v) is 3.66. The number of carbonyl (C=O) groups excluding carboxylic acids is 1. The smallest absolute Gasteiger partial charge is 0.318 e. The topological polar surface area (TPSA) is 74.7 Å². The summed E-state index contributed by atoms with van der Waals surface area (Å²) in [6.07, 6.45) is 0.770. The van der Waals surface area contributed by atoms with Crippen LogP contribution in [0.15, 0.2) is 0 Å². The summed E-state index contributed by atoms with van der Waals surface area (Å²) >= 11 is 0. The molecule has 5 nitrogen and oxygen atoms in total. The van der Waals surface area contributed by atoms with Crippen molar-refractivity contribution in [3.8, 4) is 0 Å². The third-order valence-electron chi connectivity index (χ3n) is 1.98.